The van der Waals surface area contributed by atoms with Gasteiger partial charge in [-0.05, 0) is 30.8 Å². The highest BCUT2D eigenvalue weighted by Gasteiger charge is 2.76. The summed E-state index contributed by atoms with van der Waals surface area (Å²) >= 11 is 14.4. The Kier molecular flexibility index (Phi) is 4.88. The topological polar surface area (TPSA) is 54.5 Å². The molecule has 4 nitrogen and oxygen atoms in total. The van der Waals surface area contributed by atoms with E-state index in [1.54, 1.807) is 54.4 Å². The lowest BCUT2D eigenvalue weighted by molar-refractivity contribution is 0.0361. The van der Waals surface area contributed by atoms with Crippen molar-refractivity contribution in [1.29, 1.82) is 0 Å². The summed E-state index contributed by atoms with van der Waals surface area (Å²) < 4.78 is 0. The van der Waals surface area contributed by atoms with Crippen LogP contribution in [0.5, 0.6) is 0 Å². The molecule has 1 aliphatic carbocycles. The minimum Gasteiger partial charge on any atom is -0.293 e. The van der Waals surface area contributed by atoms with Gasteiger partial charge in [0.05, 0.1) is 5.41 Å². The lowest BCUT2D eigenvalue weighted by atomic mass is 9.58. The number of hydrogen-bond acceptors (Lipinski definition) is 5. The fourth-order valence-electron chi connectivity index (χ4n) is 6.24. The maximum Gasteiger partial charge on any atom is 0.192 e. The molecule has 0 saturated carbocycles. The van der Waals surface area contributed by atoms with Gasteiger partial charge in [-0.2, -0.15) is 0 Å². The molecule has 0 bridgehead atoms. The fourth-order valence-corrected chi connectivity index (χ4v) is 8.19. The quantitative estimate of drug-likeness (QED) is 0.388. The van der Waals surface area contributed by atoms with Crippen LogP contribution in [0.3, 0.4) is 0 Å². The Labute approximate surface area is 211 Å². The van der Waals surface area contributed by atoms with E-state index in [1.165, 1.54) is 11.8 Å². The van der Waals surface area contributed by atoms with E-state index < -0.39 is 16.9 Å². The van der Waals surface area contributed by atoms with Gasteiger partial charge in [-0.25, -0.2) is 0 Å². The van der Waals surface area contributed by atoms with Crippen molar-refractivity contribution in [3.63, 3.8) is 0 Å². The summed E-state index contributed by atoms with van der Waals surface area (Å²) in [5, 5.41) is 0.911. The lowest BCUT2D eigenvalue weighted by Gasteiger charge is -2.47. The molecule has 34 heavy (non-hydrogen) atoms. The summed E-state index contributed by atoms with van der Waals surface area (Å²) in [6.07, 6.45) is 0. The average molecular weight is 508 g/mol. The predicted octanol–water partition coefficient (Wildman–Crippen LogP) is 5.82. The van der Waals surface area contributed by atoms with Gasteiger partial charge in [0.2, 0.25) is 0 Å². The third-order valence-corrected chi connectivity index (χ3v) is 9.50. The highest BCUT2D eigenvalue weighted by atomic mass is 35.5. The van der Waals surface area contributed by atoms with Crippen LogP contribution in [0.4, 0.5) is 0 Å². The maximum atomic E-state index is 14.5. The molecule has 1 saturated heterocycles. The molecule has 2 atom stereocenters. The number of carbonyl (C=O) groups excluding carboxylic acids is 3. The van der Waals surface area contributed by atoms with Gasteiger partial charge in [-0.3, -0.25) is 19.3 Å². The van der Waals surface area contributed by atoms with Crippen molar-refractivity contribution < 1.29 is 14.4 Å². The average Bonchev–Trinajstić information content (AvgIpc) is 3.23. The van der Waals surface area contributed by atoms with E-state index in [9.17, 15) is 14.4 Å². The normalized spacial score (nSPS) is 25.3. The number of nitrogens with zero attached hydrogens (tertiary/aromatic N) is 1. The van der Waals surface area contributed by atoms with Crippen LogP contribution in [-0.4, -0.2) is 47.1 Å². The van der Waals surface area contributed by atoms with Crippen LogP contribution in [-0.2, 0) is 0 Å². The minimum atomic E-state index is -1.64. The van der Waals surface area contributed by atoms with Crippen molar-refractivity contribution in [3.8, 4) is 0 Å². The molecule has 0 N–H and O–H groups in total. The van der Waals surface area contributed by atoms with Crippen molar-refractivity contribution >= 4 is 52.3 Å². The molecule has 0 unspecified atom stereocenters. The first kappa shape index (κ1) is 22.1. The summed E-state index contributed by atoms with van der Waals surface area (Å²) in [4.78, 5) is 45.6. The smallest absolute Gasteiger partial charge is 0.192 e. The zero-order chi connectivity index (χ0) is 23.8. The van der Waals surface area contributed by atoms with Crippen LogP contribution in [0.15, 0.2) is 71.6 Å². The van der Waals surface area contributed by atoms with Gasteiger partial charge >= 0.3 is 0 Å². The Hall–Kier alpha value is -2.44. The molecule has 7 heteroatoms. The number of ketones is 3. The molecular formula is C27H19Cl2NO3S. The molecule has 1 fully saturated rings. The van der Waals surface area contributed by atoms with E-state index >= 15 is 0 Å². The third-order valence-electron chi connectivity index (χ3n) is 7.67. The van der Waals surface area contributed by atoms with E-state index in [-0.39, 0.29) is 17.3 Å². The van der Waals surface area contributed by atoms with Crippen LogP contribution in [0.2, 0.25) is 10.0 Å². The van der Waals surface area contributed by atoms with Gasteiger partial charge in [-0.1, -0.05) is 71.7 Å². The summed E-state index contributed by atoms with van der Waals surface area (Å²) in [7, 11) is 1.77. The Morgan fingerprint density at radius 1 is 0.853 bits per heavy atom. The second-order valence-electron chi connectivity index (χ2n) is 9.10. The van der Waals surface area contributed by atoms with E-state index in [0.717, 1.165) is 10.5 Å². The molecule has 2 heterocycles. The number of thioether (sulfide) groups is 1. The Balaban J connectivity index is 1.67. The number of Topliss-reactive ketones (excluding diaryl/α,β-unsaturated/α-hetero) is 3. The van der Waals surface area contributed by atoms with E-state index in [0.29, 0.717) is 39.0 Å². The Morgan fingerprint density at radius 3 is 2.12 bits per heavy atom. The van der Waals surface area contributed by atoms with Crippen LogP contribution < -0.4 is 0 Å². The van der Waals surface area contributed by atoms with Crippen LogP contribution >= 0.6 is 35.0 Å². The van der Waals surface area contributed by atoms with Gasteiger partial charge in [0.15, 0.2) is 22.9 Å². The first-order valence-electron chi connectivity index (χ1n) is 11.0. The Morgan fingerprint density at radius 2 is 1.47 bits per heavy atom. The van der Waals surface area contributed by atoms with Crippen molar-refractivity contribution in [2.45, 2.75) is 16.4 Å². The van der Waals surface area contributed by atoms with Gasteiger partial charge in [0.25, 0.3) is 0 Å². The Bertz CT molecular complexity index is 1390. The van der Waals surface area contributed by atoms with Crippen molar-refractivity contribution in [2.75, 3.05) is 19.3 Å². The van der Waals surface area contributed by atoms with Gasteiger partial charge in [-0.15, -0.1) is 11.8 Å². The third kappa shape index (κ3) is 2.53. The number of likely N-dealkylation sites (N-methyl/N-ethyl adjacent to an activating group) is 1. The number of hydrogen-bond donors (Lipinski definition) is 0. The summed E-state index contributed by atoms with van der Waals surface area (Å²) in [6, 6.07) is 19.5. The van der Waals surface area contributed by atoms with Crippen LogP contribution in [0, 0.1) is 5.41 Å². The second-order valence-corrected chi connectivity index (χ2v) is 11.0. The zero-order valence-corrected chi connectivity index (χ0v) is 20.5. The van der Waals surface area contributed by atoms with E-state index in [2.05, 4.69) is 0 Å². The summed E-state index contributed by atoms with van der Waals surface area (Å²) in [5.74, 6) is -0.981. The molecule has 3 aliphatic rings. The number of fused-ring (bicyclic) bond motifs is 3. The molecule has 0 radical (unpaired) electrons. The van der Waals surface area contributed by atoms with Crippen molar-refractivity contribution in [1.82, 2.24) is 4.90 Å². The largest absolute Gasteiger partial charge is 0.293 e. The van der Waals surface area contributed by atoms with Gasteiger partial charge < -0.3 is 0 Å². The molecule has 3 aromatic rings. The maximum absolute atomic E-state index is 14.5. The SMILES string of the molecule is CN1C[C@@H](c2ccc(Cl)cc2Cl)[C@@]2(CSc3ccccc3C2=O)C12C(=O)c1ccccc1C2=O. The molecule has 2 spiro atoms. The standard InChI is InChI=1S/C27H19Cl2NO3S/c1-30-13-20(18-11-10-15(28)12-21(18)29)26(14-34-22-9-5-4-8-19(22)23(26)31)27(30)24(32)16-6-2-3-7-17(16)25(27)33/h2-12,20H,13-14H2,1H3/t20-,26+/m0/s1. The highest BCUT2D eigenvalue weighted by molar-refractivity contribution is 7.99. The first-order valence-corrected chi connectivity index (χ1v) is 12.7. The molecule has 0 aromatic heterocycles. The highest BCUT2D eigenvalue weighted by Crippen LogP contribution is 2.63. The van der Waals surface area contributed by atoms with E-state index in [4.69, 9.17) is 23.2 Å². The molecular weight excluding hydrogens is 489 g/mol. The van der Waals surface area contributed by atoms with Gasteiger partial charge in [0, 0.05) is 49.8 Å². The predicted molar refractivity (Wildman–Crippen MR) is 134 cm³/mol. The summed E-state index contributed by atoms with van der Waals surface area (Å²) in [6.45, 7) is 0.335. The van der Waals surface area contributed by atoms with Gasteiger partial charge in [0.1, 0.15) is 0 Å². The van der Waals surface area contributed by atoms with Crippen LogP contribution in [0.25, 0.3) is 0 Å². The molecule has 6 rings (SSSR count). The molecule has 3 aromatic carbocycles. The number of likely N-dealkylation sites (tertiary alicyclic amines) is 1. The number of carbonyl (C=O) groups is 3. The summed E-state index contributed by atoms with van der Waals surface area (Å²) in [5.41, 5.74) is -0.955. The van der Waals surface area contributed by atoms with Crippen molar-refractivity contribution in [2.24, 2.45) is 5.41 Å². The van der Waals surface area contributed by atoms with Crippen molar-refractivity contribution in [3.05, 3.63) is 99.0 Å². The number of benzene rings is 3. The number of rotatable bonds is 1. The zero-order valence-electron chi connectivity index (χ0n) is 18.2. The fraction of sp³-hybridized carbons (Fsp3) is 0.222. The van der Waals surface area contributed by atoms with E-state index in [1.807, 2.05) is 24.3 Å². The first-order chi connectivity index (χ1) is 16.3. The van der Waals surface area contributed by atoms with Crippen LogP contribution in [0.1, 0.15) is 42.6 Å². The molecule has 2 aliphatic heterocycles. The minimum absolute atomic E-state index is 0.184. The molecule has 170 valence electrons. The molecule has 0 amide bonds. The number of halogens is 2. The second kappa shape index (κ2) is 7.53. The lowest BCUT2D eigenvalue weighted by Crippen LogP contribution is -2.66. The monoisotopic (exact) mass is 507 g/mol.